The van der Waals surface area contributed by atoms with Gasteiger partial charge in [0.05, 0.1) is 11.5 Å². The summed E-state index contributed by atoms with van der Waals surface area (Å²) in [4.78, 5) is 0.397. The highest BCUT2D eigenvalue weighted by Crippen LogP contribution is 2.31. The molecule has 0 fully saturated rings. The molecule has 0 saturated heterocycles. The number of rotatable bonds is 5. The number of aliphatic hydroxyl groups is 1. The molecule has 5 heteroatoms. The predicted octanol–water partition coefficient (Wildman–Crippen LogP) is 2.23. The third-order valence-electron chi connectivity index (χ3n) is 4.23. The van der Waals surface area contributed by atoms with E-state index >= 15 is 0 Å². The largest absolute Gasteiger partial charge is 0.395 e. The molecule has 0 unspecified atom stereocenters. The SMILES string of the molecule is CCN(CCO)S(=O)(=O)c1c(C)c(C)c(C)c(C)c1C. The molecular weight excluding hydrogens is 274 g/mol. The van der Waals surface area contributed by atoms with Gasteiger partial charge in [-0.3, -0.25) is 0 Å². The molecule has 0 atom stereocenters. The van der Waals surface area contributed by atoms with E-state index in [1.54, 1.807) is 6.92 Å². The lowest BCUT2D eigenvalue weighted by Gasteiger charge is -2.24. The van der Waals surface area contributed by atoms with Gasteiger partial charge in [-0.1, -0.05) is 6.92 Å². The highest BCUT2D eigenvalue weighted by molar-refractivity contribution is 7.89. The third-order valence-corrected chi connectivity index (χ3v) is 6.48. The van der Waals surface area contributed by atoms with Crippen LogP contribution in [0.3, 0.4) is 0 Å². The average Bonchev–Trinajstić information content (AvgIpc) is 2.40. The van der Waals surface area contributed by atoms with E-state index in [4.69, 9.17) is 5.11 Å². The van der Waals surface area contributed by atoms with Crippen LogP contribution < -0.4 is 0 Å². The Morgan fingerprint density at radius 3 is 1.65 bits per heavy atom. The zero-order chi connectivity index (χ0) is 15.7. The first-order valence-electron chi connectivity index (χ1n) is 6.88. The van der Waals surface area contributed by atoms with Crippen LogP contribution in [0.5, 0.6) is 0 Å². The Morgan fingerprint density at radius 2 is 1.30 bits per heavy atom. The van der Waals surface area contributed by atoms with Crippen molar-refractivity contribution in [1.82, 2.24) is 4.31 Å². The molecule has 0 amide bonds. The van der Waals surface area contributed by atoms with E-state index in [1.807, 2.05) is 34.6 Å². The number of hydrogen-bond acceptors (Lipinski definition) is 3. The molecule has 4 nitrogen and oxygen atoms in total. The molecule has 0 aliphatic carbocycles. The third kappa shape index (κ3) is 2.75. The summed E-state index contributed by atoms with van der Waals surface area (Å²) in [6.45, 7) is 11.7. The predicted molar refractivity (Wildman–Crippen MR) is 81.6 cm³/mol. The summed E-state index contributed by atoms with van der Waals surface area (Å²) in [6, 6.07) is 0. The van der Waals surface area contributed by atoms with Gasteiger partial charge in [-0.25, -0.2) is 8.42 Å². The highest BCUT2D eigenvalue weighted by Gasteiger charge is 2.28. The van der Waals surface area contributed by atoms with Crippen LogP contribution in [0.2, 0.25) is 0 Å². The second kappa shape index (κ2) is 6.24. The average molecular weight is 299 g/mol. The molecule has 0 aromatic heterocycles. The fourth-order valence-electron chi connectivity index (χ4n) is 2.54. The number of aliphatic hydroxyl groups excluding tert-OH is 1. The number of benzene rings is 1. The van der Waals surface area contributed by atoms with Crippen LogP contribution in [0.25, 0.3) is 0 Å². The lowest BCUT2D eigenvalue weighted by molar-refractivity contribution is 0.257. The Bertz CT molecular complexity index is 577. The molecule has 1 aromatic carbocycles. The van der Waals surface area contributed by atoms with Crippen molar-refractivity contribution >= 4 is 10.0 Å². The molecule has 0 bridgehead atoms. The van der Waals surface area contributed by atoms with Gasteiger partial charge in [0.2, 0.25) is 10.0 Å². The minimum absolute atomic E-state index is 0.129. The molecule has 0 spiro atoms. The zero-order valence-corrected chi connectivity index (χ0v) is 14.1. The smallest absolute Gasteiger partial charge is 0.243 e. The van der Waals surface area contributed by atoms with E-state index in [2.05, 4.69) is 0 Å². The first-order valence-corrected chi connectivity index (χ1v) is 8.32. The maximum Gasteiger partial charge on any atom is 0.243 e. The Morgan fingerprint density at radius 1 is 0.900 bits per heavy atom. The van der Waals surface area contributed by atoms with Crippen LogP contribution in [0.15, 0.2) is 4.90 Å². The van der Waals surface area contributed by atoms with Gasteiger partial charge >= 0.3 is 0 Å². The van der Waals surface area contributed by atoms with Gasteiger partial charge in [-0.05, 0) is 62.4 Å². The van der Waals surface area contributed by atoms with Crippen molar-refractivity contribution in [2.75, 3.05) is 19.7 Å². The summed E-state index contributed by atoms with van der Waals surface area (Å²) in [7, 11) is -3.56. The second-order valence-corrected chi connectivity index (χ2v) is 7.05. The summed E-state index contributed by atoms with van der Waals surface area (Å²) in [5.74, 6) is 0. The zero-order valence-electron chi connectivity index (χ0n) is 13.2. The highest BCUT2D eigenvalue weighted by atomic mass is 32.2. The van der Waals surface area contributed by atoms with Crippen molar-refractivity contribution in [1.29, 1.82) is 0 Å². The van der Waals surface area contributed by atoms with Gasteiger partial charge < -0.3 is 5.11 Å². The van der Waals surface area contributed by atoms with E-state index in [-0.39, 0.29) is 13.2 Å². The molecule has 0 aliphatic heterocycles. The first-order chi connectivity index (χ1) is 9.19. The van der Waals surface area contributed by atoms with Gasteiger partial charge in [0.15, 0.2) is 0 Å². The van der Waals surface area contributed by atoms with E-state index in [9.17, 15) is 8.42 Å². The van der Waals surface area contributed by atoms with E-state index in [0.717, 1.165) is 27.8 Å². The fraction of sp³-hybridized carbons (Fsp3) is 0.600. The van der Waals surface area contributed by atoms with Crippen LogP contribution in [0, 0.1) is 34.6 Å². The molecule has 0 heterocycles. The van der Waals surface area contributed by atoms with Gasteiger partial charge in [0.25, 0.3) is 0 Å². The maximum atomic E-state index is 12.8. The molecule has 0 aliphatic rings. The number of nitrogens with zero attached hydrogens (tertiary/aromatic N) is 1. The summed E-state index contributed by atoms with van der Waals surface area (Å²) in [6.07, 6.45) is 0. The van der Waals surface area contributed by atoms with Crippen LogP contribution in [-0.2, 0) is 10.0 Å². The summed E-state index contributed by atoms with van der Waals surface area (Å²) in [5, 5.41) is 9.06. The minimum Gasteiger partial charge on any atom is -0.395 e. The van der Waals surface area contributed by atoms with E-state index < -0.39 is 10.0 Å². The number of sulfonamides is 1. The first kappa shape index (κ1) is 17.1. The van der Waals surface area contributed by atoms with Gasteiger partial charge in [0, 0.05) is 13.1 Å². The van der Waals surface area contributed by atoms with Crippen LogP contribution in [-0.4, -0.2) is 37.5 Å². The Labute approximate surface area is 122 Å². The normalized spacial score (nSPS) is 12.2. The van der Waals surface area contributed by atoms with Crippen LogP contribution in [0.4, 0.5) is 0 Å². The van der Waals surface area contributed by atoms with Crippen molar-refractivity contribution in [2.24, 2.45) is 0 Å². The Balaban J connectivity index is 3.62. The molecule has 1 aromatic rings. The van der Waals surface area contributed by atoms with Crippen LogP contribution >= 0.6 is 0 Å². The van der Waals surface area contributed by atoms with E-state index in [0.29, 0.717) is 11.4 Å². The topological polar surface area (TPSA) is 57.6 Å². The second-order valence-electron chi connectivity index (χ2n) is 5.17. The van der Waals surface area contributed by atoms with Crippen molar-refractivity contribution < 1.29 is 13.5 Å². The standard InChI is InChI=1S/C15H25NO3S/c1-7-16(8-9-17)20(18,19)15-13(5)11(3)10(2)12(4)14(15)6/h17H,7-9H2,1-6H3. The lowest BCUT2D eigenvalue weighted by atomic mass is 9.95. The summed E-state index contributed by atoms with van der Waals surface area (Å²) in [5.41, 5.74) is 4.80. The molecule has 114 valence electrons. The Kier molecular flexibility index (Phi) is 5.35. The molecule has 1 N–H and O–H groups in total. The molecular formula is C15H25NO3S. The van der Waals surface area contributed by atoms with Crippen molar-refractivity contribution in [2.45, 2.75) is 46.4 Å². The van der Waals surface area contributed by atoms with Gasteiger partial charge in [0.1, 0.15) is 0 Å². The monoisotopic (exact) mass is 299 g/mol. The van der Waals surface area contributed by atoms with Crippen molar-refractivity contribution in [3.8, 4) is 0 Å². The van der Waals surface area contributed by atoms with Gasteiger partial charge in [-0.2, -0.15) is 4.31 Å². The maximum absolute atomic E-state index is 12.8. The van der Waals surface area contributed by atoms with Crippen molar-refractivity contribution in [3.05, 3.63) is 27.8 Å². The van der Waals surface area contributed by atoms with Gasteiger partial charge in [-0.15, -0.1) is 0 Å². The van der Waals surface area contributed by atoms with E-state index in [1.165, 1.54) is 4.31 Å². The van der Waals surface area contributed by atoms with Crippen molar-refractivity contribution in [3.63, 3.8) is 0 Å². The Hall–Kier alpha value is -0.910. The van der Waals surface area contributed by atoms with Crippen LogP contribution in [0.1, 0.15) is 34.7 Å². The summed E-state index contributed by atoms with van der Waals surface area (Å²) >= 11 is 0. The summed E-state index contributed by atoms with van der Waals surface area (Å²) < 4.78 is 27.0. The minimum atomic E-state index is -3.56. The molecule has 1 rings (SSSR count). The molecule has 20 heavy (non-hydrogen) atoms. The fourth-order valence-corrected chi connectivity index (χ4v) is 4.54. The lowest BCUT2D eigenvalue weighted by Crippen LogP contribution is -2.34. The quantitative estimate of drug-likeness (QED) is 0.907. The molecule has 0 saturated carbocycles. The molecule has 0 radical (unpaired) electrons. The number of likely N-dealkylation sites (N-methyl/N-ethyl adjacent to an activating group) is 1. The number of hydrogen-bond donors (Lipinski definition) is 1.